The fourth-order valence-corrected chi connectivity index (χ4v) is 8.26. The highest BCUT2D eigenvalue weighted by Crippen LogP contribution is 2.50. The van der Waals surface area contributed by atoms with Crippen LogP contribution in [0, 0.1) is 0 Å². The molecule has 5 aromatic rings. The first-order chi connectivity index (χ1) is 24.5. The molecule has 0 radical (unpaired) electrons. The van der Waals surface area contributed by atoms with E-state index in [4.69, 9.17) is 26.1 Å². The number of ether oxygens (including phenoxy) is 2. The van der Waals surface area contributed by atoms with E-state index in [0.717, 1.165) is 42.7 Å². The summed E-state index contributed by atoms with van der Waals surface area (Å²) in [5, 5.41) is 4.26. The summed E-state index contributed by atoms with van der Waals surface area (Å²) >= 11 is 7.37. The van der Waals surface area contributed by atoms with Crippen LogP contribution < -0.4 is 19.7 Å². The third-order valence-electron chi connectivity index (χ3n) is 9.67. The van der Waals surface area contributed by atoms with Crippen molar-refractivity contribution in [2.45, 2.75) is 31.3 Å². The van der Waals surface area contributed by atoms with Gasteiger partial charge < -0.3 is 19.7 Å². The van der Waals surface area contributed by atoms with Crippen LogP contribution in [0.4, 0.5) is 11.4 Å². The number of amidine groups is 1. The standard InChI is InChI=1S/C42H36ClN3O3S/c1-48-38-22-28(14-17-37(38)49-26-27-12-15-31(43)16-13-27)23-39-41(47)45-42(50-39)44-32-24-35-33(29-8-4-2-5-9-29)18-20-46-21-19-34(36(25-32)40(35)46)30-10-6-3-7-11-30/h2-17,22-25,33-34H,18-21,26H2,1H3,(H,44,45,47)/b39-23-/t33-,34-/m0/s1. The quantitative estimate of drug-likeness (QED) is 0.164. The molecule has 1 saturated heterocycles. The molecule has 0 spiro atoms. The Morgan fingerprint density at radius 3 is 2.10 bits per heavy atom. The number of aliphatic imine (C=N–C) groups is 1. The maximum absolute atomic E-state index is 13.2. The van der Waals surface area contributed by atoms with Crippen molar-refractivity contribution in [3.8, 4) is 11.5 Å². The van der Waals surface area contributed by atoms with Crippen molar-refractivity contribution in [1.29, 1.82) is 0 Å². The fourth-order valence-electron chi connectivity index (χ4n) is 7.29. The minimum atomic E-state index is -0.175. The van der Waals surface area contributed by atoms with E-state index < -0.39 is 0 Å². The lowest BCUT2D eigenvalue weighted by atomic mass is 9.76. The maximum atomic E-state index is 13.2. The van der Waals surface area contributed by atoms with Gasteiger partial charge in [-0.3, -0.25) is 4.79 Å². The van der Waals surface area contributed by atoms with Crippen LogP contribution in [0.1, 0.15) is 58.1 Å². The Hall–Kier alpha value is -4.98. The van der Waals surface area contributed by atoms with E-state index in [1.165, 1.54) is 39.7 Å². The number of carbonyl (C=O) groups is 1. The summed E-state index contributed by atoms with van der Waals surface area (Å²) in [6.45, 7) is 2.46. The Kier molecular flexibility index (Phi) is 9.09. The molecule has 5 aromatic carbocycles. The summed E-state index contributed by atoms with van der Waals surface area (Å²) < 4.78 is 11.7. The number of nitrogens with one attached hydrogen (secondary N) is 1. The second-order valence-electron chi connectivity index (χ2n) is 12.8. The largest absolute Gasteiger partial charge is 0.493 e. The van der Waals surface area contributed by atoms with Gasteiger partial charge in [0.05, 0.1) is 17.7 Å². The van der Waals surface area contributed by atoms with E-state index in [-0.39, 0.29) is 17.7 Å². The number of rotatable bonds is 8. The Balaban J connectivity index is 1.09. The number of halogens is 1. The molecule has 250 valence electrons. The molecule has 0 bridgehead atoms. The summed E-state index contributed by atoms with van der Waals surface area (Å²) in [5.74, 6) is 1.60. The highest BCUT2D eigenvalue weighted by molar-refractivity contribution is 8.18. The van der Waals surface area contributed by atoms with Gasteiger partial charge in [-0.05, 0) is 100 Å². The van der Waals surface area contributed by atoms with Crippen LogP contribution in [0.5, 0.6) is 11.5 Å². The molecule has 0 unspecified atom stereocenters. The van der Waals surface area contributed by atoms with Gasteiger partial charge in [-0.15, -0.1) is 0 Å². The molecule has 1 fully saturated rings. The first-order valence-corrected chi connectivity index (χ1v) is 18.1. The second-order valence-corrected chi connectivity index (χ2v) is 14.2. The molecule has 8 heteroatoms. The predicted octanol–water partition coefficient (Wildman–Crippen LogP) is 9.70. The number of hydrogen-bond acceptors (Lipinski definition) is 6. The van der Waals surface area contributed by atoms with Crippen molar-refractivity contribution in [2.24, 2.45) is 4.99 Å². The summed E-state index contributed by atoms with van der Waals surface area (Å²) in [7, 11) is 1.61. The van der Waals surface area contributed by atoms with Crippen molar-refractivity contribution in [2.75, 3.05) is 25.1 Å². The third kappa shape index (κ3) is 6.63. The Labute approximate surface area is 301 Å². The SMILES string of the molecule is COc1cc(/C=C2\SC(=Nc3cc4c5c(c3)[C@H](c3ccccc3)CCN5CC[C@H]4c3ccccc3)NC2=O)ccc1OCc1ccc(Cl)cc1. The van der Waals surface area contributed by atoms with Crippen molar-refractivity contribution >= 4 is 51.9 Å². The molecule has 0 aromatic heterocycles. The third-order valence-corrected chi connectivity index (χ3v) is 10.8. The summed E-state index contributed by atoms with van der Waals surface area (Å²) in [5.41, 5.74) is 9.32. The molecule has 3 aliphatic rings. The smallest absolute Gasteiger partial charge is 0.264 e. The van der Waals surface area contributed by atoms with Crippen LogP contribution in [-0.2, 0) is 11.4 Å². The van der Waals surface area contributed by atoms with Gasteiger partial charge in [-0.2, -0.15) is 0 Å². The van der Waals surface area contributed by atoms with Gasteiger partial charge in [-0.1, -0.05) is 90.5 Å². The zero-order chi connectivity index (χ0) is 34.0. The summed E-state index contributed by atoms with van der Waals surface area (Å²) in [6, 6.07) is 39.3. The molecular weight excluding hydrogens is 662 g/mol. The van der Waals surface area contributed by atoms with Crippen molar-refractivity contribution < 1.29 is 14.3 Å². The van der Waals surface area contributed by atoms with E-state index in [2.05, 4.69) is 83.0 Å². The highest BCUT2D eigenvalue weighted by atomic mass is 35.5. The van der Waals surface area contributed by atoms with E-state index >= 15 is 0 Å². The van der Waals surface area contributed by atoms with Crippen molar-refractivity contribution in [3.63, 3.8) is 0 Å². The van der Waals surface area contributed by atoms with Gasteiger partial charge in [-0.25, -0.2) is 4.99 Å². The highest BCUT2D eigenvalue weighted by Gasteiger charge is 2.35. The van der Waals surface area contributed by atoms with Crippen LogP contribution in [0.2, 0.25) is 5.02 Å². The number of nitrogens with zero attached hydrogens (tertiary/aromatic N) is 2. The number of anilines is 1. The molecule has 1 amide bonds. The maximum Gasteiger partial charge on any atom is 0.264 e. The molecular formula is C42H36ClN3O3S. The predicted molar refractivity (Wildman–Crippen MR) is 204 cm³/mol. The summed E-state index contributed by atoms with van der Waals surface area (Å²) in [6.07, 6.45) is 3.97. The van der Waals surface area contributed by atoms with Gasteiger partial charge in [0.25, 0.3) is 5.91 Å². The minimum Gasteiger partial charge on any atom is -0.493 e. The van der Waals surface area contributed by atoms with Crippen molar-refractivity contribution in [1.82, 2.24) is 5.32 Å². The molecule has 50 heavy (non-hydrogen) atoms. The molecule has 3 heterocycles. The topological polar surface area (TPSA) is 63.2 Å². The first kappa shape index (κ1) is 32.2. The number of benzene rings is 5. The Morgan fingerprint density at radius 1 is 0.840 bits per heavy atom. The van der Waals surface area contributed by atoms with Crippen molar-refractivity contribution in [3.05, 3.63) is 159 Å². The lowest BCUT2D eigenvalue weighted by Gasteiger charge is -2.43. The van der Waals surface area contributed by atoms with E-state index in [1.54, 1.807) is 7.11 Å². The number of hydrogen-bond donors (Lipinski definition) is 1. The van der Waals surface area contributed by atoms with E-state index in [9.17, 15) is 4.79 Å². The normalized spacial score (nSPS) is 19.7. The summed E-state index contributed by atoms with van der Waals surface area (Å²) in [4.78, 5) is 21.4. The molecule has 6 nitrogen and oxygen atoms in total. The molecule has 0 aliphatic carbocycles. The fraction of sp³-hybridized carbons (Fsp3) is 0.190. The number of thioether (sulfide) groups is 1. The Morgan fingerprint density at radius 2 is 1.48 bits per heavy atom. The second kappa shape index (κ2) is 14.1. The van der Waals surface area contributed by atoms with Gasteiger partial charge >= 0.3 is 0 Å². The molecule has 3 aliphatic heterocycles. The molecule has 1 N–H and O–H groups in total. The van der Waals surface area contributed by atoms with Crippen LogP contribution in [0.15, 0.2) is 125 Å². The lowest BCUT2D eigenvalue weighted by Crippen LogP contribution is -2.37. The number of carbonyl (C=O) groups excluding carboxylic acids is 1. The average molecular weight is 698 g/mol. The average Bonchev–Trinajstić information content (AvgIpc) is 3.49. The van der Waals surface area contributed by atoms with E-state index in [1.807, 2.05) is 48.5 Å². The Bertz CT molecular complexity index is 2030. The zero-order valence-electron chi connectivity index (χ0n) is 27.6. The van der Waals surface area contributed by atoms with Gasteiger partial charge in [0.2, 0.25) is 0 Å². The monoisotopic (exact) mass is 697 g/mol. The van der Waals surface area contributed by atoms with Crippen LogP contribution >= 0.6 is 23.4 Å². The van der Waals surface area contributed by atoms with Gasteiger partial charge in [0.1, 0.15) is 6.61 Å². The minimum absolute atomic E-state index is 0.175. The molecule has 0 saturated carbocycles. The van der Waals surface area contributed by atoms with Crippen LogP contribution in [0.3, 0.4) is 0 Å². The van der Waals surface area contributed by atoms with Crippen LogP contribution in [0.25, 0.3) is 6.08 Å². The first-order valence-electron chi connectivity index (χ1n) is 16.9. The number of amides is 1. The zero-order valence-corrected chi connectivity index (χ0v) is 29.2. The van der Waals surface area contributed by atoms with Gasteiger partial charge in [0.15, 0.2) is 16.7 Å². The van der Waals surface area contributed by atoms with Gasteiger partial charge in [0, 0.05) is 35.6 Å². The molecule has 8 rings (SSSR count). The molecule has 2 atom stereocenters. The van der Waals surface area contributed by atoms with E-state index in [0.29, 0.717) is 33.2 Å². The lowest BCUT2D eigenvalue weighted by molar-refractivity contribution is -0.115. The van der Waals surface area contributed by atoms with Crippen LogP contribution in [-0.4, -0.2) is 31.3 Å². The number of methoxy groups -OCH3 is 1.